The lowest BCUT2D eigenvalue weighted by Crippen LogP contribution is -2.67. The number of rotatable bonds is 0. The maximum absolute atomic E-state index is 16.7. The third-order valence-electron chi connectivity index (χ3n) is 6.11. The average Bonchev–Trinajstić information content (AvgIpc) is 2.72. The van der Waals surface area contributed by atoms with Crippen LogP contribution < -0.4 is 0 Å². The van der Waals surface area contributed by atoms with E-state index in [9.17, 15) is 0 Å². The van der Waals surface area contributed by atoms with Gasteiger partial charge in [0.15, 0.2) is 5.67 Å². The number of benzene rings is 3. The van der Waals surface area contributed by atoms with Gasteiger partial charge in [-0.15, -0.1) is 0 Å². The van der Waals surface area contributed by atoms with Crippen LogP contribution in [-0.2, 0) is 15.4 Å². The van der Waals surface area contributed by atoms with Gasteiger partial charge in [0, 0.05) is 0 Å². The molecule has 0 amide bonds. The Balaban J connectivity index is 1.87. The van der Waals surface area contributed by atoms with Crippen molar-refractivity contribution in [1.82, 2.24) is 0 Å². The van der Waals surface area contributed by atoms with Crippen molar-refractivity contribution in [3.8, 4) is 0 Å². The minimum absolute atomic E-state index is 0.462. The van der Waals surface area contributed by atoms with Crippen LogP contribution in [0.4, 0.5) is 4.39 Å². The minimum atomic E-state index is -1.45. The Kier molecular flexibility index (Phi) is 1.87. The molecule has 3 aromatic rings. The zero-order valence-electron chi connectivity index (χ0n) is 12.2. The fourth-order valence-corrected chi connectivity index (χ4v) is 6.79. The van der Waals surface area contributed by atoms with Crippen LogP contribution in [0, 0.1) is 0 Å². The van der Waals surface area contributed by atoms with Gasteiger partial charge in [0.25, 0.3) is 0 Å². The molecule has 110 valence electrons. The van der Waals surface area contributed by atoms with Crippen LogP contribution in [0.5, 0.6) is 0 Å². The molecule has 0 saturated carbocycles. The van der Waals surface area contributed by atoms with Crippen molar-refractivity contribution < 1.29 is 4.39 Å². The summed E-state index contributed by atoms with van der Waals surface area (Å²) in [6.07, 6.45) is 0. The highest BCUT2D eigenvalue weighted by Crippen LogP contribution is 2.84. The average molecular weight is 363 g/mol. The van der Waals surface area contributed by atoms with Gasteiger partial charge in [-0.2, -0.15) is 0 Å². The highest BCUT2D eigenvalue weighted by atomic mass is 79.9. The molecule has 0 heterocycles. The third-order valence-corrected chi connectivity index (χ3v) is 7.56. The van der Waals surface area contributed by atoms with Crippen molar-refractivity contribution >= 4 is 15.9 Å². The van der Waals surface area contributed by atoms with Crippen LogP contribution in [0.15, 0.2) is 72.8 Å². The predicted octanol–water partition coefficient (Wildman–Crippen LogP) is 5.16. The minimum Gasteiger partial charge on any atom is -0.232 e. The zero-order valence-corrected chi connectivity index (χ0v) is 13.8. The van der Waals surface area contributed by atoms with Crippen LogP contribution in [0.25, 0.3) is 0 Å². The van der Waals surface area contributed by atoms with E-state index in [4.69, 9.17) is 0 Å². The summed E-state index contributed by atoms with van der Waals surface area (Å²) in [7, 11) is 0. The molecule has 3 aliphatic carbocycles. The molecule has 1 spiro atoms. The van der Waals surface area contributed by atoms with Gasteiger partial charge in [-0.3, -0.25) is 0 Å². The Bertz CT molecular complexity index is 941. The first-order valence-corrected chi connectivity index (χ1v) is 8.65. The molecule has 0 N–H and O–H groups in total. The van der Waals surface area contributed by atoms with Crippen molar-refractivity contribution in [2.75, 3.05) is 0 Å². The number of halogens is 2. The van der Waals surface area contributed by atoms with E-state index in [0.717, 1.165) is 27.8 Å². The van der Waals surface area contributed by atoms with Gasteiger partial charge in [0.1, 0.15) is 0 Å². The number of hydrogen-bond donors (Lipinski definition) is 0. The summed E-state index contributed by atoms with van der Waals surface area (Å²) >= 11 is 4.01. The van der Waals surface area contributed by atoms with Crippen molar-refractivity contribution in [2.45, 2.75) is 15.4 Å². The van der Waals surface area contributed by atoms with Gasteiger partial charge in [-0.05, 0) is 33.4 Å². The molecular weight excluding hydrogens is 351 g/mol. The fraction of sp³-hybridized carbons (Fsp3) is 0.143. The lowest BCUT2D eigenvalue weighted by molar-refractivity contribution is 0.0599. The molecule has 0 fully saturated rings. The molecule has 23 heavy (non-hydrogen) atoms. The van der Waals surface area contributed by atoms with Crippen molar-refractivity contribution in [1.29, 1.82) is 0 Å². The molecule has 0 radical (unpaired) electrons. The highest BCUT2D eigenvalue weighted by Gasteiger charge is 2.84. The molecule has 0 aliphatic heterocycles. The maximum atomic E-state index is 16.7. The molecule has 3 aromatic carbocycles. The molecule has 2 heteroatoms. The normalized spacial score (nSPS) is 34.2. The maximum Gasteiger partial charge on any atom is 0.177 e. The summed E-state index contributed by atoms with van der Waals surface area (Å²) in [5.41, 5.74) is 4.06. The predicted molar refractivity (Wildman–Crippen MR) is 91.7 cm³/mol. The first-order valence-electron chi connectivity index (χ1n) is 7.86. The number of fused-ring (bicyclic) bond motifs is 7. The summed E-state index contributed by atoms with van der Waals surface area (Å²) in [4.78, 5) is 0. The van der Waals surface area contributed by atoms with Gasteiger partial charge >= 0.3 is 0 Å². The molecular formula is C21H12BrF. The standard InChI is InChI=1S/C21H12BrF/c22-20-15-9-3-1-7-13(15)19(20)14-8-2-5-11-17(14)21(19,23)18-12-6-4-10-16(18)20/h1-12H/t19?,20-,21?/m1/s1. The molecule has 6 rings (SSSR count). The SMILES string of the molecule is FC12c3ccccc3C13c1ccccc1[C@@]3(Br)c1ccccc12. The number of alkyl halides is 2. The quantitative estimate of drug-likeness (QED) is 0.484. The summed E-state index contributed by atoms with van der Waals surface area (Å²) in [6.45, 7) is 0. The second kappa shape index (κ2) is 3.44. The lowest BCUT2D eigenvalue weighted by Gasteiger charge is -2.64. The summed E-state index contributed by atoms with van der Waals surface area (Å²) < 4.78 is 16.2. The Morgan fingerprint density at radius 1 is 0.565 bits per heavy atom. The largest absolute Gasteiger partial charge is 0.232 e. The molecule has 2 unspecified atom stereocenters. The first-order chi connectivity index (χ1) is 11.2. The molecule has 3 atom stereocenters. The zero-order chi connectivity index (χ0) is 15.4. The van der Waals surface area contributed by atoms with Gasteiger partial charge < -0.3 is 0 Å². The highest BCUT2D eigenvalue weighted by molar-refractivity contribution is 9.09. The van der Waals surface area contributed by atoms with Crippen LogP contribution >= 0.6 is 15.9 Å². The van der Waals surface area contributed by atoms with Crippen molar-refractivity contribution in [3.63, 3.8) is 0 Å². The Labute approximate surface area is 142 Å². The van der Waals surface area contributed by atoms with E-state index in [2.05, 4.69) is 40.2 Å². The monoisotopic (exact) mass is 362 g/mol. The summed E-state index contributed by atoms with van der Waals surface area (Å²) in [6, 6.07) is 24.2. The van der Waals surface area contributed by atoms with Gasteiger partial charge in [0.05, 0.1) is 9.74 Å². The van der Waals surface area contributed by atoms with Gasteiger partial charge in [-0.1, -0.05) is 88.7 Å². The molecule has 0 bridgehead atoms. The van der Waals surface area contributed by atoms with E-state index >= 15 is 4.39 Å². The van der Waals surface area contributed by atoms with Crippen molar-refractivity contribution in [3.05, 3.63) is 106 Å². The lowest BCUT2D eigenvalue weighted by atomic mass is 9.41. The Hall–Kier alpha value is -1.93. The van der Waals surface area contributed by atoms with Gasteiger partial charge in [-0.25, -0.2) is 4.39 Å². The summed E-state index contributed by atoms with van der Waals surface area (Å²) in [5.74, 6) is 0. The van der Waals surface area contributed by atoms with Crippen LogP contribution in [0.3, 0.4) is 0 Å². The van der Waals surface area contributed by atoms with E-state index in [1.165, 1.54) is 5.56 Å². The first kappa shape index (κ1) is 12.5. The van der Waals surface area contributed by atoms with E-state index in [0.29, 0.717) is 0 Å². The number of hydrogen-bond acceptors (Lipinski definition) is 0. The van der Waals surface area contributed by atoms with E-state index < -0.39 is 15.4 Å². The molecule has 0 aromatic heterocycles. The topological polar surface area (TPSA) is 0 Å². The van der Waals surface area contributed by atoms with Crippen LogP contribution in [-0.4, -0.2) is 0 Å². The molecule has 0 saturated heterocycles. The Morgan fingerprint density at radius 3 is 1.48 bits per heavy atom. The van der Waals surface area contributed by atoms with Gasteiger partial charge in [0.2, 0.25) is 0 Å². The third kappa shape index (κ3) is 0.906. The molecule has 3 aliphatic rings. The van der Waals surface area contributed by atoms with Crippen molar-refractivity contribution in [2.24, 2.45) is 0 Å². The van der Waals surface area contributed by atoms with E-state index in [1.54, 1.807) is 0 Å². The second-order valence-electron chi connectivity index (χ2n) is 6.70. The van der Waals surface area contributed by atoms with E-state index in [-0.39, 0.29) is 0 Å². The Morgan fingerprint density at radius 2 is 0.913 bits per heavy atom. The summed E-state index contributed by atoms with van der Waals surface area (Å²) in [5, 5.41) is 0. The fourth-order valence-electron chi connectivity index (χ4n) is 5.40. The van der Waals surface area contributed by atoms with Crippen LogP contribution in [0.1, 0.15) is 33.4 Å². The van der Waals surface area contributed by atoms with Crippen LogP contribution in [0.2, 0.25) is 0 Å². The van der Waals surface area contributed by atoms with E-state index in [1.807, 2.05) is 48.5 Å². The second-order valence-corrected chi connectivity index (χ2v) is 7.89. The molecule has 0 nitrogen and oxygen atoms in total. The smallest absolute Gasteiger partial charge is 0.177 e.